The van der Waals surface area contributed by atoms with E-state index in [0.717, 1.165) is 12.8 Å². The summed E-state index contributed by atoms with van der Waals surface area (Å²) in [5.74, 6) is 0.492. The second-order valence-corrected chi connectivity index (χ2v) is 3.56. The van der Waals surface area contributed by atoms with Crippen molar-refractivity contribution < 1.29 is 0 Å². The Morgan fingerprint density at radius 3 is 2.86 bits per heavy atom. The molecule has 76 valence electrons. The number of hydrogen-bond acceptors (Lipinski definition) is 3. The molecular weight excluding hydrogens is 178 g/mol. The minimum Gasteiger partial charge on any atom is -0.302 e. The fourth-order valence-corrected chi connectivity index (χ4v) is 1.92. The first-order valence-electron chi connectivity index (χ1n) is 5.02. The molecular formula is C9H15N5. The van der Waals surface area contributed by atoms with Gasteiger partial charge in [-0.25, -0.2) is 0 Å². The zero-order chi connectivity index (χ0) is 10.2. The fraction of sp³-hybridized carbons (Fsp3) is 0.889. The van der Waals surface area contributed by atoms with Crippen molar-refractivity contribution in [1.82, 2.24) is 5.32 Å². The van der Waals surface area contributed by atoms with Gasteiger partial charge in [0.1, 0.15) is 0 Å². The van der Waals surface area contributed by atoms with Crippen LogP contribution in [0.3, 0.4) is 0 Å². The predicted molar refractivity (Wildman–Crippen MR) is 53.4 cm³/mol. The van der Waals surface area contributed by atoms with E-state index in [9.17, 15) is 0 Å². The standard InChI is InChI=1S/C9H15N5/c10-7-9(8-3-1-2-4-8)12-5-6-13-14-11/h8-9,12H,1-6H2. The van der Waals surface area contributed by atoms with E-state index in [1.54, 1.807) is 0 Å². The second kappa shape index (κ2) is 6.25. The third-order valence-electron chi connectivity index (χ3n) is 2.65. The quantitative estimate of drug-likeness (QED) is 0.313. The van der Waals surface area contributed by atoms with Gasteiger partial charge in [0.15, 0.2) is 0 Å². The highest BCUT2D eigenvalue weighted by molar-refractivity contribution is 4.96. The molecule has 1 N–H and O–H groups in total. The average Bonchev–Trinajstić information content (AvgIpc) is 2.71. The Balaban J connectivity index is 2.24. The van der Waals surface area contributed by atoms with Crippen LogP contribution in [0.25, 0.3) is 10.4 Å². The van der Waals surface area contributed by atoms with Crippen molar-refractivity contribution in [1.29, 1.82) is 5.26 Å². The van der Waals surface area contributed by atoms with Gasteiger partial charge < -0.3 is 5.32 Å². The van der Waals surface area contributed by atoms with Crippen LogP contribution in [-0.4, -0.2) is 19.1 Å². The molecule has 0 aromatic carbocycles. The minimum absolute atomic E-state index is 0.0635. The minimum atomic E-state index is -0.0635. The molecule has 0 aromatic heterocycles. The van der Waals surface area contributed by atoms with Gasteiger partial charge in [0.2, 0.25) is 0 Å². The SMILES string of the molecule is N#CC(NCCN=[N+]=[N-])C1CCCC1. The van der Waals surface area contributed by atoms with Crippen LogP contribution >= 0.6 is 0 Å². The van der Waals surface area contributed by atoms with Crippen LogP contribution in [0.15, 0.2) is 5.11 Å². The number of hydrogen-bond donors (Lipinski definition) is 1. The summed E-state index contributed by atoms with van der Waals surface area (Å²) in [5, 5.41) is 15.5. The monoisotopic (exact) mass is 193 g/mol. The average molecular weight is 193 g/mol. The summed E-state index contributed by atoms with van der Waals surface area (Å²) >= 11 is 0. The number of rotatable bonds is 5. The van der Waals surface area contributed by atoms with Crippen molar-refractivity contribution in [2.75, 3.05) is 13.1 Å². The van der Waals surface area contributed by atoms with E-state index in [-0.39, 0.29) is 6.04 Å². The van der Waals surface area contributed by atoms with E-state index in [1.807, 2.05) is 0 Å². The van der Waals surface area contributed by atoms with Gasteiger partial charge in [-0.15, -0.1) is 0 Å². The van der Waals surface area contributed by atoms with Crippen LogP contribution in [0.4, 0.5) is 0 Å². The highest BCUT2D eigenvalue weighted by Gasteiger charge is 2.23. The maximum Gasteiger partial charge on any atom is 0.0981 e. The van der Waals surface area contributed by atoms with Crippen LogP contribution in [0.5, 0.6) is 0 Å². The summed E-state index contributed by atoms with van der Waals surface area (Å²) in [6, 6.07) is 2.21. The molecule has 0 aromatic rings. The molecule has 1 rings (SSSR count). The van der Waals surface area contributed by atoms with Gasteiger partial charge >= 0.3 is 0 Å². The molecule has 0 aliphatic heterocycles. The molecule has 0 heterocycles. The summed E-state index contributed by atoms with van der Waals surface area (Å²) in [4.78, 5) is 2.66. The molecule has 0 radical (unpaired) electrons. The molecule has 1 unspecified atom stereocenters. The van der Waals surface area contributed by atoms with Crippen LogP contribution in [0.2, 0.25) is 0 Å². The summed E-state index contributed by atoms with van der Waals surface area (Å²) in [6.07, 6.45) is 4.77. The summed E-state index contributed by atoms with van der Waals surface area (Å²) < 4.78 is 0. The third kappa shape index (κ3) is 3.25. The van der Waals surface area contributed by atoms with Gasteiger partial charge in [-0.2, -0.15) is 5.26 Å². The Hall–Kier alpha value is -1.24. The summed E-state index contributed by atoms with van der Waals surface area (Å²) in [7, 11) is 0. The highest BCUT2D eigenvalue weighted by Crippen LogP contribution is 2.27. The first kappa shape index (κ1) is 10.8. The van der Waals surface area contributed by atoms with E-state index < -0.39 is 0 Å². The molecule has 1 saturated carbocycles. The van der Waals surface area contributed by atoms with Crippen LogP contribution in [0, 0.1) is 17.2 Å². The molecule has 1 aliphatic rings. The maximum absolute atomic E-state index is 8.93. The molecule has 0 amide bonds. The van der Waals surface area contributed by atoms with Crippen LogP contribution < -0.4 is 5.32 Å². The van der Waals surface area contributed by atoms with Crippen molar-refractivity contribution in [3.63, 3.8) is 0 Å². The number of nitrogens with zero attached hydrogens (tertiary/aromatic N) is 4. The zero-order valence-electron chi connectivity index (χ0n) is 8.19. The number of azide groups is 1. The first-order chi connectivity index (χ1) is 6.88. The lowest BCUT2D eigenvalue weighted by Crippen LogP contribution is -2.35. The lowest BCUT2D eigenvalue weighted by molar-refractivity contribution is 0.425. The predicted octanol–water partition coefficient (Wildman–Crippen LogP) is 1.97. The van der Waals surface area contributed by atoms with Crippen molar-refractivity contribution in [2.24, 2.45) is 11.0 Å². The van der Waals surface area contributed by atoms with E-state index in [2.05, 4.69) is 21.4 Å². The van der Waals surface area contributed by atoms with Gasteiger partial charge in [-0.05, 0) is 24.3 Å². The lowest BCUT2D eigenvalue weighted by atomic mass is 9.99. The molecule has 14 heavy (non-hydrogen) atoms. The Labute approximate surface area is 83.7 Å². The summed E-state index contributed by atoms with van der Waals surface area (Å²) in [5.41, 5.74) is 8.07. The van der Waals surface area contributed by atoms with E-state index in [4.69, 9.17) is 10.8 Å². The number of nitrogens with one attached hydrogen (secondary N) is 1. The lowest BCUT2D eigenvalue weighted by Gasteiger charge is -2.16. The van der Waals surface area contributed by atoms with Crippen molar-refractivity contribution in [3.8, 4) is 6.07 Å². The van der Waals surface area contributed by atoms with Crippen LogP contribution in [0.1, 0.15) is 25.7 Å². The van der Waals surface area contributed by atoms with Crippen molar-refractivity contribution >= 4 is 0 Å². The van der Waals surface area contributed by atoms with Gasteiger partial charge in [0.25, 0.3) is 0 Å². The maximum atomic E-state index is 8.93. The van der Waals surface area contributed by atoms with Crippen LogP contribution in [-0.2, 0) is 0 Å². The van der Waals surface area contributed by atoms with Crippen molar-refractivity contribution in [2.45, 2.75) is 31.7 Å². The first-order valence-corrected chi connectivity index (χ1v) is 5.02. The Bertz CT molecular complexity index is 244. The molecule has 0 spiro atoms. The van der Waals surface area contributed by atoms with Crippen molar-refractivity contribution in [3.05, 3.63) is 10.4 Å². The number of nitriles is 1. The molecule has 1 atom stereocenters. The Morgan fingerprint density at radius 2 is 2.29 bits per heavy atom. The largest absolute Gasteiger partial charge is 0.302 e. The van der Waals surface area contributed by atoms with E-state index >= 15 is 0 Å². The summed E-state index contributed by atoms with van der Waals surface area (Å²) in [6.45, 7) is 1.01. The molecule has 1 aliphatic carbocycles. The Morgan fingerprint density at radius 1 is 1.57 bits per heavy atom. The second-order valence-electron chi connectivity index (χ2n) is 3.56. The normalized spacial score (nSPS) is 18.5. The van der Waals surface area contributed by atoms with Gasteiger partial charge in [-0.3, -0.25) is 0 Å². The zero-order valence-corrected chi connectivity index (χ0v) is 8.19. The van der Waals surface area contributed by atoms with E-state index in [1.165, 1.54) is 12.8 Å². The molecule has 0 saturated heterocycles. The molecule has 5 nitrogen and oxygen atoms in total. The highest BCUT2D eigenvalue weighted by atomic mass is 15.1. The van der Waals surface area contributed by atoms with Gasteiger partial charge in [0.05, 0.1) is 12.1 Å². The Kier molecular flexibility index (Phi) is 4.84. The smallest absolute Gasteiger partial charge is 0.0981 e. The third-order valence-corrected chi connectivity index (χ3v) is 2.65. The fourth-order valence-electron chi connectivity index (χ4n) is 1.92. The molecule has 5 heteroatoms. The molecule has 0 bridgehead atoms. The van der Waals surface area contributed by atoms with Gasteiger partial charge in [0, 0.05) is 18.0 Å². The topological polar surface area (TPSA) is 84.6 Å². The van der Waals surface area contributed by atoms with E-state index in [0.29, 0.717) is 19.0 Å². The van der Waals surface area contributed by atoms with Gasteiger partial charge in [-0.1, -0.05) is 18.0 Å². The molecule has 1 fully saturated rings.